The molecule has 1 atom stereocenters. The lowest BCUT2D eigenvalue weighted by atomic mass is 9.97. The van der Waals surface area contributed by atoms with Gasteiger partial charge in [0.25, 0.3) is 11.3 Å². The molecule has 18 heavy (non-hydrogen) atoms. The van der Waals surface area contributed by atoms with Crippen molar-refractivity contribution < 1.29 is 24.2 Å². The Hall–Kier alpha value is -2.71. The number of esters is 1. The maximum Gasteiger partial charge on any atom is 0.373 e. The van der Waals surface area contributed by atoms with Gasteiger partial charge in [-0.25, -0.2) is 9.59 Å². The van der Waals surface area contributed by atoms with Crippen LogP contribution in [0.25, 0.3) is 0 Å². The van der Waals surface area contributed by atoms with E-state index < -0.39 is 40.5 Å². The molecular weight excluding hydrogens is 248 g/mol. The second-order valence-corrected chi connectivity index (χ2v) is 3.15. The first kappa shape index (κ1) is 13.4. The van der Waals surface area contributed by atoms with E-state index in [9.17, 15) is 24.0 Å². The van der Waals surface area contributed by atoms with Gasteiger partial charge in [0.1, 0.15) is 0 Å². The van der Waals surface area contributed by atoms with Crippen molar-refractivity contribution in [1.82, 2.24) is 9.97 Å². The summed E-state index contributed by atoms with van der Waals surface area (Å²) < 4.78 is 4.26. The third-order valence-corrected chi connectivity index (χ3v) is 2.07. The fraction of sp³-hybridized carbons (Fsp3) is 0.222. The standard InChI is InChI=1S/C9H8N2O7/c1-18-8(16)4(5(12)7(14)15)3-2-10-9(17)11-6(3)13/h2,4H,1H3,(H,14,15)(H2,10,11,13,17). The Balaban J connectivity index is 3.39. The Morgan fingerprint density at radius 3 is 2.39 bits per heavy atom. The molecule has 0 radical (unpaired) electrons. The molecule has 0 aliphatic heterocycles. The number of aromatic amines is 2. The number of carbonyl (C=O) groups excluding carboxylic acids is 2. The molecule has 0 aliphatic carbocycles. The molecule has 1 aromatic rings. The molecule has 1 heterocycles. The van der Waals surface area contributed by atoms with Gasteiger partial charge in [0.05, 0.1) is 12.7 Å². The van der Waals surface area contributed by atoms with Gasteiger partial charge in [-0.2, -0.15) is 0 Å². The van der Waals surface area contributed by atoms with Crippen molar-refractivity contribution in [3.63, 3.8) is 0 Å². The number of ketones is 1. The second kappa shape index (κ2) is 5.08. The largest absolute Gasteiger partial charge is 0.475 e. The summed E-state index contributed by atoms with van der Waals surface area (Å²) in [7, 11) is 0.935. The molecule has 96 valence electrons. The fourth-order valence-corrected chi connectivity index (χ4v) is 1.25. The van der Waals surface area contributed by atoms with Gasteiger partial charge in [-0.15, -0.1) is 0 Å². The Morgan fingerprint density at radius 2 is 1.94 bits per heavy atom. The van der Waals surface area contributed by atoms with Crippen molar-refractivity contribution in [2.24, 2.45) is 0 Å². The summed E-state index contributed by atoms with van der Waals surface area (Å²) in [5, 5.41) is 8.56. The summed E-state index contributed by atoms with van der Waals surface area (Å²) in [4.78, 5) is 59.2. The quantitative estimate of drug-likeness (QED) is 0.320. The van der Waals surface area contributed by atoms with E-state index in [1.807, 2.05) is 4.98 Å². The number of Topliss-reactive ketones (excluding diaryl/α,β-unsaturated/α-hetero) is 1. The molecule has 1 aromatic heterocycles. The van der Waals surface area contributed by atoms with E-state index in [-0.39, 0.29) is 0 Å². The SMILES string of the molecule is COC(=O)C(C(=O)C(=O)O)c1c[nH]c(=O)[nH]c1=O. The molecule has 0 spiro atoms. The van der Waals surface area contributed by atoms with E-state index in [0.717, 1.165) is 13.3 Å². The van der Waals surface area contributed by atoms with Crippen LogP contribution in [0.5, 0.6) is 0 Å². The van der Waals surface area contributed by atoms with Crippen molar-refractivity contribution in [3.8, 4) is 0 Å². The molecule has 1 unspecified atom stereocenters. The van der Waals surface area contributed by atoms with E-state index in [1.54, 1.807) is 4.98 Å². The van der Waals surface area contributed by atoms with Gasteiger partial charge in [0.2, 0.25) is 0 Å². The summed E-state index contributed by atoms with van der Waals surface area (Å²) in [6.07, 6.45) is 0.795. The Labute approximate surface area is 98.4 Å². The number of rotatable bonds is 4. The van der Waals surface area contributed by atoms with Crippen LogP contribution in [0.3, 0.4) is 0 Å². The Kier molecular flexibility index (Phi) is 3.77. The van der Waals surface area contributed by atoms with Gasteiger partial charge in [-0.3, -0.25) is 19.4 Å². The van der Waals surface area contributed by atoms with Gasteiger partial charge in [0, 0.05) is 6.20 Å². The second-order valence-electron chi connectivity index (χ2n) is 3.15. The first-order chi connectivity index (χ1) is 8.38. The maximum atomic E-state index is 11.4. The molecule has 0 bridgehead atoms. The molecule has 0 amide bonds. The van der Waals surface area contributed by atoms with Crippen LogP contribution in [0.15, 0.2) is 15.8 Å². The lowest BCUT2D eigenvalue weighted by Gasteiger charge is -2.09. The minimum atomic E-state index is -1.92. The molecule has 0 fully saturated rings. The van der Waals surface area contributed by atoms with E-state index in [2.05, 4.69) is 4.74 Å². The Bertz CT molecular complexity index is 612. The highest BCUT2D eigenvalue weighted by atomic mass is 16.5. The third kappa shape index (κ3) is 2.51. The molecule has 9 nitrogen and oxygen atoms in total. The normalized spacial score (nSPS) is 11.6. The number of aromatic nitrogens is 2. The maximum absolute atomic E-state index is 11.4. The van der Waals surface area contributed by atoms with Crippen LogP contribution in [0, 0.1) is 0 Å². The molecule has 0 saturated heterocycles. The number of carboxylic acid groups (broad SMARTS) is 1. The molecule has 9 heteroatoms. The van der Waals surface area contributed by atoms with Gasteiger partial charge < -0.3 is 14.8 Å². The molecule has 0 aliphatic rings. The molecule has 3 N–H and O–H groups in total. The molecule has 0 saturated carbocycles. The van der Waals surface area contributed by atoms with Crippen LogP contribution in [0.2, 0.25) is 0 Å². The number of hydrogen-bond donors (Lipinski definition) is 3. The predicted octanol–water partition coefficient (Wildman–Crippen LogP) is -2.03. The topological polar surface area (TPSA) is 146 Å². The zero-order chi connectivity index (χ0) is 13.9. The first-order valence-corrected chi connectivity index (χ1v) is 4.55. The summed E-state index contributed by atoms with van der Waals surface area (Å²) >= 11 is 0. The lowest BCUT2D eigenvalue weighted by Crippen LogP contribution is -2.35. The number of ether oxygens (including phenoxy) is 1. The average molecular weight is 256 g/mol. The number of aliphatic carboxylic acids is 1. The highest BCUT2D eigenvalue weighted by Gasteiger charge is 2.36. The summed E-state index contributed by atoms with van der Waals surface area (Å²) in [6, 6.07) is 0. The number of nitrogens with one attached hydrogen (secondary N) is 2. The third-order valence-electron chi connectivity index (χ3n) is 2.07. The van der Waals surface area contributed by atoms with Crippen LogP contribution in [0.4, 0.5) is 0 Å². The van der Waals surface area contributed by atoms with Gasteiger partial charge in [-0.1, -0.05) is 0 Å². The number of H-pyrrole nitrogens is 2. The van der Waals surface area contributed by atoms with Crippen LogP contribution in [0.1, 0.15) is 11.5 Å². The van der Waals surface area contributed by atoms with Crippen LogP contribution in [-0.4, -0.2) is 39.9 Å². The van der Waals surface area contributed by atoms with E-state index >= 15 is 0 Å². The highest BCUT2D eigenvalue weighted by molar-refractivity contribution is 6.39. The summed E-state index contributed by atoms with van der Waals surface area (Å²) in [5.41, 5.74) is -2.40. The van der Waals surface area contributed by atoms with E-state index in [4.69, 9.17) is 5.11 Å². The highest BCUT2D eigenvalue weighted by Crippen LogP contribution is 2.13. The average Bonchev–Trinajstić information content (AvgIpc) is 2.31. The fourth-order valence-electron chi connectivity index (χ4n) is 1.25. The lowest BCUT2D eigenvalue weighted by molar-refractivity contribution is -0.155. The first-order valence-electron chi connectivity index (χ1n) is 4.55. The number of carbonyl (C=O) groups is 3. The van der Waals surface area contributed by atoms with Gasteiger partial charge in [-0.05, 0) is 0 Å². The predicted molar refractivity (Wildman–Crippen MR) is 55.1 cm³/mol. The minimum absolute atomic E-state index is 0.506. The number of carboxylic acids is 1. The van der Waals surface area contributed by atoms with Gasteiger partial charge >= 0.3 is 17.6 Å². The van der Waals surface area contributed by atoms with Crippen molar-refractivity contribution in [2.75, 3.05) is 7.11 Å². The number of methoxy groups -OCH3 is 1. The van der Waals surface area contributed by atoms with Gasteiger partial charge in [0.15, 0.2) is 5.92 Å². The summed E-state index contributed by atoms with van der Waals surface area (Å²) in [6.45, 7) is 0. The van der Waals surface area contributed by atoms with Crippen LogP contribution in [-0.2, 0) is 19.1 Å². The van der Waals surface area contributed by atoms with E-state index in [1.165, 1.54) is 0 Å². The monoisotopic (exact) mass is 256 g/mol. The van der Waals surface area contributed by atoms with Crippen molar-refractivity contribution in [2.45, 2.75) is 5.92 Å². The molecule has 1 rings (SSSR count). The zero-order valence-electron chi connectivity index (χ0n) is 9.05. The molecule has 0 aromatic carbocycles. The van der Waals surface area contributed by atoms with E-state index in [0.29, 0.717) is 0 Å². The van der Waals surface area contributed by atoms with Crippen LogP contribution < -0.4 is 11.2 Å². The smallest absolute Gasteiger partial charge is 0.373 e. The summed E-state index contributed by atoms with van der Waals surface area (Å²) in [5.74, 6) is -6.55. The Morgan fingerprint density at radius 1 is 1.33 bits per heavy atom. The van der Waals surface area contributed by atoms with Crippen molar-refractivity contribution in [1.29, 1.82) is 0 Å². The van der Waals surface area contributed by atoms with Crippen LogP contribution >= 0.6 is 0 Å². The zero-order valence-corrected chi connectivity index (χ0v) is 9.05. The number of hydrogen-bond acceptors (Lipinski definition) is 6. The van der Waals surface area contributed by atoms with Crippen molar-refractivity contribution in [3.05, 3.63) is 32.6 Å². The molecular formula is C9H8N2O7. The van der Waals surface area contributed by atoms with Crippen molar-refractivity contribution >= 4 is 17.7 Å². The minimum Gasteiger partial charge on any atom is -0.475 e.